The molecule has 0 saturated heterocycles. The van der Waals surface area contributed by atoms with Gasteiger partial charge in [-0.25, -0.2) is 19.5 Å². The number of nitrogens with two attached hydrogens (primary N) is 1. The number of phosphoric ester groups is 1. The van der Waals surface area contributed by atoms with Crippen molar-refractivity contribution in [3.63, 3.8) is 0 Å². The van der Waals surface area contributed by atoms with Crippen molar-refractivity contribution in [3.8, 4) is 0 Å². The van der Waals surface area contributed by atoms with Crippen molar-refractivity contribution in [2.75, 3.05) is 12.3 Å². The Bertz CT molecular complexity index is 715. The average molecular weight is 344 g/mol. The van der Waals surface area contributed by atoms with Gasteiger partial charge in [0.1, 0.15) is 11.6 Å². The van der Waals surface area contributed by atoms with Crippen molar-refractivity contribution in [2.45, 2.75) is 26.7 Å². The first-order valence-electron chi connectivity index (χ1n) is 6.48. The number of thiazole rings is 1. The minimum absolute atomic E-state index is 0.0530. The van der Waals surface area contributed by atoms with Gasteiger partial charge in [-0.05, 0) is 13.8 Å². The summed E-state index contributed by atoms with van der Waals surface area (Å²) in [6.07, 6.45) is 2.61. The molecule has 120 valence electrons. The van der Waals surface area contributed by atoms with Crippen molar-refractivity contribution in [1.82, 2.24) is 15.0 Å². The standard InChI is InChI=1S/C12H17N4O4PS/c1-7-10(3-4-20-21(17,18)19)22-11(15-7)5-9-6-14-8(2)16-12(9)13/h6H,3-5H2,1-2H3,(H2,13,14,16)(H2,17,18,19). The van der Waals surface area contributed by atoms with Crippen LogP contribution in [0, 0.1) is 13.8 Å². The molecule has 0 unspecified atom stereocenters. The van der Waals surface area contributed by atoms with Gasteiger partial charge in [0.05, 0.1) is 17.3 Å². The molecule has 0 atom stereocenters. The third-order valence-electron chi connectivity index (χ3n) is 2.89. The molecule has 0 aliphatic rings. The van der Waals surface area contributed by atoms with Gasteiger partial charge < -0.3 is 15.5 Å². The van der Waals surface area contributed by atoms with Crippen LogP contribution in [-0.4, -0.2) is 31.3 Å². The number of aryl methyl sites for hydroxylation is 2. The number of phosphoric acid groups is 1. The summed E-state index contributed by atoms with van der Waals surface area (Å²) < 4.78 is 15.1. The molecular weight excluding hydrogens is 327 g/mol. The summed E-state index contributed by atoms with van der Waals surface area (Å²) in [5.74, 6) is 1.05. The third-order valence-corrected chi connectivity index (χ3v) is 4.62. The van der Waals surface area contributed by atoms with Crippen LogP contribution in [-0.2, 0) is 21.9 Å². The van der Waals surface area contributed by atoms with E-state index >= 15 is 0 Å². The van der Waals surface area contributed by atoms with E-state index in [4.69, 9.17) is 15.5 Å². The lowest BCUT2D eigenvalue weighted by Gasteiger charge is -2.03. The van der Waals surface area contributed by atoms with E-state index in [1.807, 2.05) is 6.92 Å². The Labute approximate surface area is 131 Å². The summed E-state index contributed by atoms with van der Waals surface area (Å²) in [5.41, 5.74) is 7.48. The SMILES string of the molecule is Cc1ncc(Cc2nc(C)c(CCOP(=O)(O)O)s2)c(N)n1. The van der Waals surface area contributed by atoms with Crippen molar-refractivity contribution < 1.29 is 18.9 Å². The minimum atomic E-state index is -4.43. The lowest BCUT2D eigenvalue weighted by atomic mass is 10.2. The molecule has 0 aromatic carbocycles. The Kier molecular flexibility index (Phi) is 5.25. The van der Waals surface area contributed by atoms with Gasteiger partial charge >= 0.3 is 7.82 Å². The fraction of sp³-hybridized carbons (Fsp3) is 0.417. The summed E-state index contributed by atoms with van der Waals surface area (Å²) >= 11 is 1.46. The van der Waals surface area contributed by atoms with E-state index in [2.05, 4.69) is 19.5 Å². The van der Waals surface area contributed by atoms with Gasteiger partial charge in [-0.15, -0.1) is 11.3 Å². The largest absolute Gasteiger partial charge is 0.469 e. The number of aromatic nitrogens is 3. The smallest absolute Gasteiger partial charge is 0.383 e. The highest BCUT2D eigenvalue weighted by Gasteiger charge is 2.15. The van der Waals surface area contributed by atoms with Gasteiger partial charge in [0.2, 0.25) is 0 Å². The van der Waals surface area contributed by atoms with Gasteiger partial charge in [0.25, 0.3) is 0 Å². The second-order valence-corrected chi connectivity index (χ2v) is 7.10. The fourth-order valence-electron chi connectivity index (χ4n) is 1.86. The number of nitrogen functional groups attached to an aromatic ring is 1. The van der Waals surface area contributed by atoms with E-state index in [1.165, 1.54) is 11.3 Å². The predicted molar refractivity (Wildman–Crippen MR) is 82.5 cm³/mol. The number of nitrogens with zero attached hydrogens (tertiary/aromatic N) is 3. The molecule has 8 nitrogen and oxygen atoms in total. The molecule has 0 spiro atoms. The Morgan fingerprint density at radius 2 is 2.09 bits per heavy atom. The molecule has 10 heteroatoms. The van der Waals surface area contributed by atoms with Crippen LogP contribution >= 0.6 is 19.2 Å². The van der Waals surface area contributed by atoms with Gasteiger partial charge in [0, 0.05) is 29.5 Å². The molecule has 0 aliphatic carbocycles. The Morgan fingerprint density at radius 1 is 1.36 bits per heavy atom. The molecule has 2 aromatic rings. The summed E-state index contributed by atoms with van der Waals surface area (Å²) in [6.45, 7) is 3.57. The average Bonchev–Trinajstić information content (AvgIpc) is 2.72. The van der Waals surface area contributed by atoms with E-state index in [-0.39, 0.29) is 6.61 Å². The molecule has 4 N–H and O–H groups in total. The first kappa shape index (κ1) is 17.0. The van der Waals surface area contributed by atoms with Crippen LogP contribution in [0.25, 0.3) is 0 Å². The van der Waals surface area contributed by atoms with Crippen LogP contribution in [0.2, 0.25) is 0 Å². The normalized spacial score (nSPS) is 11.8. The summed E-state index contributed by atoms with van der Waals surface area (Å²) in [6, 6.07) is 0. The molecule has 0 bridgehead atoms. The predicted octanol–water partition coefficient (Wildman–Crippen LogP) is 1.37. The Morgan fingerprint density at radius 3 is 2.73 bits per heavy atom. The first-order chi connectivity index (χ1) is 10.2. The molecule has 0 fully saturated rings. The lowest BCUT2D eigenvalue weighted by Crippen LogP contribution is -2.01. The second kappa shape index (κ2) is 6.80. The molecule has 22 heavy (non-hydrogen) atoms. The molecule has 0 aliphatic heterocycles. The number of rotatable bonds is 6. The monoisotopic (exact) mass is 344 g/mol. The number of hydrogen-bond acceptors (Lipinski definition) is 7. The van der Waals surface area contributed by atoms with Gasteiger partial charge in [-0.1, -0.05) is 0 Å². The highest BCUT2D eigenvalue weighted by Crippen LogP contribution is 2.36. The third kappa shape index (κ3) is 4.82. The van der Waals surface area contributed by atoms with Gasteiger partial charge in [-0.2, -0.15) is 0 Å². The van der Waals surface area contributed by atoms with Crippen LogP contribution in [0.15, 0.2) is 6.20 Å². The maximum absolute atomic E-state index is 10.6. The van der Waals surface area contributed by atoms with Crippen LogP contribution < -0.4 is 5.73 Å². The highest BCUT2D eigenvalue weighted by molar-refractivity contribution is 7.46. The molecule has 2 aromatic heterocycles. The van der Waals surface area contributed by atoms with Crippen molar-refractivity contribution in [1.29, 1.82) is 0 Å². The maximum Gasteiger partial charge on any atom is 0.469 e. The Hall–Kier alpha value is -1.38. The van der Waals surface area contributed by atoms with E-state index in [0.717, 1.165) is 21.1 Å². The van der Waals surface area contributed by atoms with Crippen LogP contribution in [0.4, 0.5) is 5.82 Å². The molecule has 0 amide bonds. The molecule has 2 rings (SSSR count). The summed E-state index contributed by atoms with van der Waals surface area (Å²) in [5, 5.41) is 0.850. The van der Waals surface area contributed by atoms with Crippen molar-refractivity contribution in [2.24, 2.45) is 0 Å². The number of anilines is 1. The van der Waals surface area contributed by atoms with Crippen LogP contribution in [0.5, 0.6) is 0 Å². The zero-order valence-corrected chi connectivity index (χ0v) is 13.9. The minimum Gasteiger partial charge on any atom is -0.383 e. The van der Waals surface area contributed by atoms with E-state index in [9.17, 15) is 4.57 Å². The molecular formula is C12H17N4O4PS. The Balaban J connectivity index is 2.04. The summed E-state index contributed by atoms with van der Waals surface area (Å²) in [7, 11) is -4.43. The zero-order chi connectivity index (χ0) is 16.3. The van der Waals surface area contributed by atoms with Crippen LogP contribution in [0.3, 0.4) is 0 Å². The van der Waals surface area contributed by atoms with E-state index < -0.39 is 7.82 Å². The molecule has 0 saturated carbocycles. The maximum atomic E-state index is 10.6. The van der Waals surface area contributed by atoms with Crippen molar-refractivity contribution >= 4 is 25.0 Å². The van der Waals surface area contributed by atoms with E-state index in [1.54, 1.807) is 13.1 Å². The number of hydrogen-bond donors (Lipinski definition) is 3. The first-order valence-corrected chi connectivity index (χ1v) is 8.82. The van der Waals surface area contributed by atoms with E-state index in [0.29, 0.717) is 24.5 Å². The quantitative estimate of drug-likeness (QED) is 0.670. The molecule has 0 radical (unpaired) electrons. The van der Waals surface area contributed by atoms with Crippen molar-refractivity contribution in [3.05, 3.63) is 33.2 Å². The van der Waals surface area contributed by atoms with Gasteiger partial charge in [-0.3, -0.25) is 4.52 Å². The zero-order valence-electron chi connectivity index (χ0n) is 12.2. The topological polar surface area (TPSA) is 131 Å². The summed E-state index contributed by atoms with van der Waals surface area (Å²) in [4.78, 5) is 30.9. The van der Waals surface area contributed by atoms with Crippen LogP contribution in [0.1, 0.15) is 27.0 Å². The lowest BCUT2D eigenvalue weighted by molar-refractivity contribution is 0.199. The second-order valence-electron chi connectivity index (χ2n) is 4.69. The molecule has 2 heterocycles. The fourth-order valence-corrected chi connectivity index (χ4v) is 3.27. The van der Waals surface area contributed by atoms with Gasteiger partial charge in [0.15, 0.2) is 0 Å². The highest BCUT2D eigenvalue weighted by atomic mass is 32.1.